The molecule has 0 atom stereocenters. The van der Waals surface area contributed by atoms with Gasteiger partial charge in [0.2, 0.25) is 0 Å². The van der Waals surface area contributed by atoms with Crippen LogP contribution in [0.3, 0.4) is 0 Å². The van der Waals surface area contributed by atoms with E-state index in [1.165, 1.54) is 11.1 Å². The Morgan fingerprint density at radius 3 is 2.00 bits per heavy atom. The zero-order chi connectivity index (χ0) is 19.0. The third kappa shape index (κ3) is 4.38. The number of ether oxygens (including phenoxy) is 1. The molecule has 140 valence electrons. The van der Waals surface area contributed by atoms with E-state index in [1.807, 2.05) is 36.7 Å². The number of aryl methyl sites for hydroxylation is 1. The summed E-state index contributed by atoms with van der Waals surface area (Å²) in [6, 6.07) is 31.2. The van der Waals surface area contributed by atoms with Crippen LogP contribution in [0.2, 0.25) is 0 Å². The maximum Gasteiger partial charge on any atom is 0.0963 e. The van der Waals surface area contributed by atoms with Crippen LogP contribution in [0.15, 0.2) is 97.3 Å². The summed E-state index contributed by atoms with van der Waals surface area (Å²) < 4.78 is 8.08. The van der Waals surface area contributed by atoms with Crippen LogP contribution in [0.1, 0.15) is 12.0 Å². The molecular formula is C25H24N2O. The minimum Gasteiger partial charge on any atom is -0.377 e. The molecule has 0 aliphatic heterocycles. The van der Waals surface area contributed by atoms with Gasteiger partial charge in [0.1, 0.15) is 0 Å². The lowest BCUT2D eigenvalue weighted by Crippen LogP contribution is -2.04. The molecule has 0 fully saturated rings. The molecule has 3 heteroatoms. The van der Waals surface area contributed by atoms with Crippen LogP contribution in [0.4, 0.5) is 0 Å². The zero-order valence-electron chi connectivity index (χ0n) is 15.9. The van der Waals surface area contributed by atoms with Crippen molar-refractivity contribution in [3.63, 3.8) is 0 Å². The van der Waals surface area contributed by atoms with Gasteiger partial charge in [-0.05, 0) is 12.0 Å². The van der Waals surface area contributed by atoms with Crippen molar-refractivity contribution in [1.29, 1.82) is 0 Å². The van der Waals surface area contributed by atoms with Gasteiger partial charge in [-0.15, -0.1) is 0 Å². The first-order chi connectivity index (χ1) is 13.9. The summed E-state index contributed by atoms with van der Waals surface area (Å²) in [6.45, 7) is 2.26. The van der Waals surface area contributed by atoms with Gasteiger partial charge in [-0.2, -0.15) is 0 Å². The number of hydrogen-bond acceptors (Lipinski definition) is 2. The topological polar surface area (TPSA) is 27.1 Å². The van der Waals surface area contributed by atoms with Crippen molar-refractivity contribution in [3.05, 3.63) is 103 Å². The first-order valence-electron chi connectivity index (χ1n) is 9.69. The molecule has 1 heterocycles. The van der Waals surface area contributed by atoms with E-state index >= 15 is 0 Å². The Morgan fingerprint density at radius 1 is 0.714 bits per heavy atom. The molecule has 0 saturated carbocycles. The van der Waals surface area contributed by atoms with Crippen LogP contribution in [-0.4, -0.2) is 16.2 Å². The monoisotopic (exact) mass is 368 g/mol. The maximum atomic E-state index is 5.84. The third-order valence-electron chi connectivity index (χ3n) is 4.73. The summed E-state index contributed by atoms with van der Waals surface area (Å²) in [5.41, 5.74) is 5.72. The standard InChI is InChI=1S/C25H24N2O/c1-4-11-21(12-5-1)19-28-18-10-17-27-20-26-24(22-13-6-2-7-14-22)25(27)23-15-8-3-9-16-23/h1-9,11-16,20H,10,17-19H2. The largest absolute Gasteiger partial charge is 0.377 e. The first-order valence-corrected chi connectivity index (χ1v) is 9.69. The van der Waals surface area contributed by atoms with Crippen molar-refractivity contribution in [2.45, 2.75) is 19.6 Å². The van der Waals surface area contributed by atoms with Crippen LogP contribution >= 0.6 is 0 Å². The van der Waals surface area contributed by atoms with E-state index < -0.39 is 0 Å². The number of nitrogens with zero attached hydrogens (tertiary/aromatic N) is 2. The van der Waals surface area contributed by atoms with Crippen LogP contribution in [0.5, 0.6) is 0 Å². The summed E-state index contributed by atoms with van der Waals surface area (Å²) in [6.07, 6.45) is 2.89. The molecule has 0 bridgehead atoms. The van der Waals surface area contributed by atoms with E-state index in [0.717, 1.165) is 36.5 Å². The van der Waals surface area contributed by atoms with E-state index in [-0.39, 0.29) is 0 Å². The van der Waals surface area contributed by atoms with Gasteiger partial charge in [-0.3, -0.25) is 0 Å². The van der Waals surface area contributed by atoms with Crippen molar-refractivity contribution >= 4 is 0 Å². The molecule has 1 aromatic heterocycles. The average Bonchev–Trinajstić information content (AvgIpc) is 3.19. The fourth-order valence-electron chi connectivity index (χ4n) is 3.36. The molecular weight excluding hydrogens is 344 g/mol. The number of aromatic nitrogens is 2. The minimum atomic E-state index is 0.658. The van der Waals surface area contributed by atoms with Crippen molar-refractivity contribution in [2.75, 3.05) is 6.61 Å². The maximum absolute atomic E-state index is 5.84. The van der Waals surface area contributed by atoms with Crippen LogP contribution in [0.25, 0.3) is 22.5 Å². The summed E-state index contributed by atoms with van der Waals surface area (Å²) in [5, 5.41) is 0. The second-order valence-electron chi connectivity index (χ2n) is 6.76. The third-order valence-corrected chi connectivity index (χ3v) is 4.73. The van der Waals surface area contributed by atoms with Gasteiger partial charge in [0.25, 0.3) is 0 Å². The molecule has 0 spiro atoms. The minimum absolute atomic E-state index is 0.658. The summed E-state index contributed by atoms with van der Waals surface area (Å²) >= 11 is 0. The fourth-order valence-corrected chi connectivity index (χ4v) is 3.36. The molecule has 0 radical (unpaired) electrons. The lowest BCUT2D eigenvalue weighted by atomic mass is 10.0. The van der Waals surface area contributed by atoms with Crippen molar-refractivity contribution in [1.82, 2.24) is 9.55 Å². The van der Waals surface area contributed by atoms with E-state index in [1.54, 1.807) is 0 Å². The van der Waals surface area contributed by atoms with Crippen molar-refractivity contribution in [3.8, 4) is 22.5 Å². The van der Waals surface area contributed by atoms with Gasteiger partial charge < -0.3 is 9.30 Å². The van der Waals surface area contributed by atoms with Gasteiger partial charge in [0.05, 0.1) is 24.3 Å². The molecule has 0 unspecified atom stereocenters. The fraction of sp³-hybridized carbons (Fsp3) is 0.160. The lowest BCUT2D eigenvalue weighted by Gasteiger charge is -2.11. The van der Waals surface area contributed by atoms with Crippen LogP contribution in [0, 0.1) is 0 Å². The first kappa shape index (κ1) is 18.2. The number of hydrogen-bond donors (Lipinski definition) is 0. The van der Waals surface area contributed by atoms with Crippen LogP contribution in [-0.2, 0) is 17.9 Å². The lowest BCUT2D eigenvalue weighted by molar-refractivity contribution is 0.115. The number of benzene rings is 3. The molecule has 0 amide bonds. The molecule has 3 nitrogen and oxygen atoms in total. The Bertz CT molecular complexity index is 979. The van der Waals surface area contributed by atoms with Crippen LogP contribution < -0.4 is 0 Å². The molecule has 0 N–H and O–H groups in total. The number of rotatable bonds is 8. The highest BCUT2D eigenvalue weighted by Gasteiger charge is 2.14. The predicted octanol–water partition coefficient (Wildman–Crippen LogP) is 5.82. The Labute approximate surface area is 166 Å². The molecule has 0 aliphatic carbocycles. The molecule has 4 aromatic rings. The highest BCUT2D eigenvalue weighted by atomic mass is 16.5. The quantitative estimate of drug-likeness (QED) is 0.366. The molecule has 28 heavy (non-hydrogen) atoms. The molecule has 4 rings (SSSR count). The van der Waals surface area contributed by atoms with Gasteiger partial charge >= 0.3 is 0 Å². The summed E-state index contributed by atoms with van der Waals surface area (Å²) in [7, 11) is 0. The Morgan fingerprint density at radius 2 is 1.32 bits per heavy atom. The highest BCUT2D eigenvalue weighted by molar-refractivity contribution is 5.78. The van der Waals surface area contributed by atoms with Gasteiger partial charge in [-0.25, -0.2) is 4.98 Å². The highest BCUT2D eigenvalue weighted by Crippen LogP contribution is 2.31. The van der Waals surface area contributed by atoms with E-state index in [0.29, 0.717) is 6.61 Å². The Kier molecular flexibility index (Phi) is 5.95. The molecule has 0 aliphatic rings. The Balaban J connectivity index is 1.47. The molecule has 3 aromatic carbocycles. The Hall–Kier alpha value is -3.17. The second-order valence-corrected chi connectivity index (χ2v) is 6.76. The van der Waals surface area contributed by atoms with E-state index in [9.17, 15) is 0 Å². The predicted molar refractivity (Wildman–Crippen MR) is 114 cm³/mol. The second kappa shape index (κ2) is 9.16. The normalized spacial score (nSPS) is 10.9. The zero-order valence-corrected chi connectivity index (χ0v) is 15.9. The van der Waals surface area contributed by atoms with Gasteiger partial charge in [0, 0.05) is 24.3 Å². The van der Waals surface area contributed by atoms with E-state index in [4.69, 9.17) is 9.72 Å². The summed E-state index contributed by atoms with van der Waals surface area (Å²) in [5.74, 6) is 0. The SMILES string of the molecule is c1ccc(COCCCn2cnc(-c3ccccc3)c2-c2ccccc2)cc1. The average molecular weight is 368 g/mol. The van der Waals surface area contributed by atoms with E-state index in [2.05, 4.69) is 65.2 Å². The summed E-state index contributed by atoms with van der Waals surface area (Å²) in [4.78, 5) is 4.73. The smallest absolute Gasteiger partial charge is 0.0963 e. The van der Waals surface area contributed by atoms with Crippen molar-refractivity contribution < 1.29 is 4.74 Å². The number of imidazole rings is 1. The van der Waals surface area contributed by atoms with Gasteiger partial charge in [0.15, 0.2) is 0 Å². The van der Waals surface area contributed by atoms with Gasteiger partial charge in [-0.1, -0.05) is 91.0 Å². The molecule has 0 saturated heterocycles. The van der Waals surface area contributed by atoms with Crippen molar-refractivity contribution in [2.24, 2.45) is 0 Å².